The number of carbonyl (C=O) groups is 3. The van der Waals surface area contributed by atoms with E-state index in [-0.39, 0.29) is 17.0 Å². The van der Waals surface area contributed by atoms with Gasteiger partial charge in [-0.05, 0) is 25.3 Å². The van der Waals surface area contributed by atoms with Gasteiger partial charge in [-0.1, -0.05) is 104 Å². The molecule has 0 radical (unpaired) electrons. The standard InChI is InChI=1S/C32H54N2O6/c1-4-7-10-13-15-18-21-39-28-24-29(40-22-19-16-14-11-8-5-2)27(32(38)34-25-30(35)36)23-26(28)31(37)33-20-17-12-9-6-3/h23-24H,4-22,25H2,1-3H3,(H,33,37)(H,34,38)(H,35,36). The maximum atomic E-state index is 13.2. The van der Waals surface area contributed by atoms with Gasteiger partial charge in [0.25, 0.3) is 11.8 Å². The number of unbranched alkanes of at least 4 members (excludes halogenated alkanes) is 13. The minimum Gasteiger partial charge on any atom is -0.493 e. The summed E-state index contributed by atoms with van der Waals surface area (Å²) >= 11 is 0. The number of amides is 2. The van der Waals surface area contributed by atoms with Gasteiger partial charge in [-0.2, -0.15) is 0 Å². The Kier molecular flexibility index (Phi) is 20.3. The number of carboxylic acids is 1. The van der Waals surface area contributed by atoms with Crippen LogP contribution in [0.4, 0.5) is 0 Å². The van der Waals surface area contributed by atoms with Gasteiger partial charge < -0.3 is 25.2 Å². The SMILES string of the molecule is CCCCCCCCOc1cc(OCCCCCCCC)c(C(=O)NCC(=O)O)cc1C(=O)NCCCCCC. The number of hydrogen-bond acceptors (Lipinski definition) is 5. The zero-order chi connectivity index (χ0) is 29.4. The van der Waals surface area contributed by atoms with Crippen molar-refractivity contribution >= 4 is 17.8 Å². The average molecular weight is 563 g/mol. The zero-order valence-electron chi connectivity index (χ0n) is 25.3. The normalized spacial score (nSPS) is 10.8. The summed E-state index contributed by atoms with van der Waals surface area (Å²) in [5.74, 6) is -1.38. The molecule has 0 aliphatic rings. The zero-order valence-corrected chi connectivity index (χ0v) is 25.3. The van der Waals surface area contributed by atoms with Gasteiger partial charge in [-0.25, -0.2) is 0 Å². The van der Waals surface area contributed by atoms with E-state index in [1.54, 1.807) is 6.07 Å². The fourth-order valence-electron chi connectivity index (χ4n) is 4.38. The Hall–Kier alpha value is -2.77. The molecular formula is C32H54N2O6. The van der Waals surface area contributed by atoms with Crippen molar-refractivity contribution in [2.75, 3.05) is 26.3 Å². The van der Waals surface area contributed by atoms with Gasteiger partial charge >= 0.3 is 5.97 Å². The van der Waals surface area contributed by atoms with Crippen molar-refractivity contribution in [3.05, 3.63) is 23.3 Å². The Bertz CT molecular complexity index is 858. The molecule has 0 unspecified atom stereocenters. The lowest BCUT2D eigenvalue weighted by atomic mass is 10.1. The molecule has 3 N–H and O–H groups in total. The van der Waals surface area contributed by atoms with Gasteiger partial charge in [0, 0.05) is 12.6 Å². The molecular weight excluding hydrogens is 508 g/mol. The molecule has 1 aromatic rings. The number of aliphatic carboxylic acids is 1. The molecule has 0 aromatic heterocycles. The van der Waals surface area contributed by atoms with Crippen LogP contribution in [0.1, 0.15) is 144 Å². The molecule has 0 atom stereocenters. The van der Waals surface area contributed by atoms with E-state index in [4.69, 9.17) is 14.6 Å². The first kappa shape index (κ1) is 35.3. The van der Waals surface area contributed by atoms with Crippen LogP contribution in [0.3, 0.4) is 0 Å². The van der Waals surface area contributed by atoms with Crippen LogP contribution in [0.5, 0.6) is 11.5 Å². The highest BCUT2D eigenvalue weighted by Gasteiger charge is 2.22. The number of rotatable bonds is 25. The molecule has 0 aliphatic carbocycles. The van der Waals surface area contributed by atoms with Gasteiger partial charge in [-0.15, -0.1) is 0 Å². The van der Waals surface area contributed by atoms with Gasteiger partial charge in [0.1, 0.15) is 18.0 Å². The molecule has 1 rings (SSSR count). The molecule has 0 fully saturated rings. The fourth-order valence-corrected chi connectivity index (χ4v) is 4.38. The van der Waals surface area contributed by atoms with E-state index in [1.165, 1.54) is 44.6 Å². The second-order valence-electron chi connectivity index (χ2n) is 10.5. The Morgan fingerprint density at radius 2 is 1.02 bits per heavy atom. The van der Waals surface area contributed by atoms with E-state index >= 15 is 0 Å². The topological polar surface area (TPSA) is 114 Å². The Labute approximate surface area is 242 Å². The summed E-state index contributed by atoms with van der Waals surface area (Å²) < 4.78 is 12.1. The van der Waals surface area contributed by atoms with E-state index < -0.39 is 18.4 Å². The van der Waals surface area contributed by atoms with Gasteiger partial charge in [-0.3, -0.25) is 14.4 Å². The van der Waals surface area contributed by atoms with Crippen molar-refractivity contribution in [3.8, 4) is 11.5 Å². The molecule has 0 bridgehead atoms. The van der Waals surface area contributed by atoms with E-state index in [0.29, 0.717) is 31.3 Å². The molecule has 0 heterocycles. The Morgan fingerprint density at radius 1 is 0.600 bits per heavy atom. The lowest BCUT2D eigenvalue weighted by molar-refractivity contribution is -0.135. The Balaban J connectivity index is 3.08. The van der Waals surface area contributed by atoms with E-state index in [1.807, 2.05) is 0 Å². The van der Waals surface area contributed by atoms with Crippen LogP contribution >= 0.6 is 0 Å². The number of carbonyl (C=O) groups excluding carboxylic acids is 2. The third-order valence-electron chi connectivity index (χ3n) is 6.80. The molecule has 0 saturated carbocycles. The number of ether oxygens (including phenoxy) is 2. The second kappa shape index (κ2) is 23.0. The van der Waals surface area contributed by atoms with Crippen LogP contribution in [0.15, 0.2) is 12.1 Å². The average Bonchev–Trinajstić information content (AvgIpc) is 2.94. The lowest BCUT2D eigenvalue weighted by Gasteiger charge is -2.17. The molecule has 8 heteroatoms. The quantitative estimate of drug-likeness (QED) is 0.108. The minimum absolute atomic E-state index is 0.135. The van der Waals surface area contributed by atoms with Gasteiger partial charge in [0.15, 0.2) is 0 Å². The summed E-state index contributed by atoms with van der Waals surface area (Å²) in [5.41, 5.74) is 0.393. The predicted molar refractivity (Wildman–Crippen MR) is 161 cm³/mol. The summed E-state index contributed by atoms with van der Waals surface area (Å²) in [6.07, 6.45) is 17.4. The lowest BCUT2D eigenvalue weighted by Crippen LogP contribution is -2.30. The highest BCUT2D eigenvalue weighted by atomic mass is 16.5. The molecule has 40 heavy (non-hydrogen) atoms. The molecule has 0 spiro atoms. The highest BCUT2D eigenvalue weighted by Crippen LogP contribution is 2.30. The highest BCUT2D eigenvalue weighted by molar-refractivity contribution is 6.03. The molecule has 0 saturated heterocycles. The van der Waals surface area contributed by atoms with Crippen molar-refractivity contribution in [1.82, 2.24) is 10.6 Å². The summed E-state index contributed by atoms with van der Waals surface area (Å²) in [6, 6.07) is 3.10. The van der Waals surface area contributed by atoms with E-state index in [0.717, 1.165) is 64.2 Å². The van der Waals surface area contributed by atoms with E-state index in [2.05, 4.69) is 31.4 Å². The molecule has 8 nitrogen and oxygen atoms in total. The maximum absolute atomic E-state index is 13.2. The minimum atomic E-state index is -1.15. The van der Waals surface area contributed by atoms with Crippen LogP contribution in [0.25, 0.3) is 0 Å². The summed E-state index contributed by atoms with van der Waals surface area (Å²) in [6.45, 7) is 7.41. The summed E-state index contributed by atoms with van der Waals surface area (Å²) in [7, 11) is 0. The first-order valence-corrected chi connectivity index (χ1v) is 15.7. The van der Waals surface area contributed by atoms with Crippen LogP contribution < -0.4 is 20.1 Å². The molecule has 228 valence electrons. The van der Waals surface area contributed by atoms with Crippen molar-refractivity contribution in [2.45, 2.75) is 124 Å². The third kappa shape index (κ3) is 15.7. The largest absolute Gasteiger partial charge is 0.493 e. The smallest absolute Gasteiger partial charge is 0.322 e. The van der Waals surface area contributed by atoms with Crippen LogP contribution in [0, 0.1) is 0 Å². The van der Waals surface area contributed by atoms with Crippen molar-refractivity contribution in [1.29, 1.82) is 0 Å². The van der Waals surface area contributed by atoms with Gasteiger partial charge in [0.2, 0.25) is 0 Å². The summed E-state index contributed by atoms with van der Waals surface area (Å²) in [4.78, 5) is 37.2. The molecule has 2 amide bonds. The first-order chi connectivity index (χ1) is 19.4. The number of benzene rings is 1. The summed E-state index contributed by atoms with van der Waals surface area (Å²) in [5, 5.41) is 14.4. The van der Waals surface area contributed by atoms with Crippen molar-refractivity contribution in [3.63, 3.8) is 0 Å². The van der Waals surface area contributed by atoms with Crippen LogP contribution in [0.2, 0.25) is 0 Å². The van der Waals surface area contributed by atoms with E-state index in [9.17, 15) is 14.4 Å². The van der Waals surface area contributed by atoms with Gasteiger partial charge in [0.05, 0.1) is 24.3 Å². The molecule has 0 aliphatic heterocycles. The monoisotopic (exact) mass is 562 g/mol. The van der Waals surface area contributed by atoms with Crippen LogP contribution in [-0.4, -0.2) is 49.2 Å². The van der Waals surface area contributed by atoms with Crippen molar-refractivity contribution in [2.24, 2.45) is 0 Å². The third-order valence-corrected chi connectivity index (χ3v) is 6.80. The first-order valence-electron chi connectivity index (χ1n) is 15.7. The number of carboxylic acid groups (broad SMARTS) is 1. The number of hydrogen-bond donors (Lipinski definition) is 3. The molecule has 1 aromatic carbocycles. The van der Waals surface area contributed by atoms with Crippen molar-refractivity contribution < 1.29 is 29.0 Å². The van der Waals surface area contributed by atoms with Crippen LogP contribution in [-0.2, 0) is 4.79 Å². The predicted octanol–water partition coefficient (Wildman–Crippen LogP) is 7.29. The Morgan fingerprint density at radius 3 is 1.50 bits per heavy atom. The fraction of sp³-hybridized carbons (Fsp3) is 0.719. The maximum Gasteiger partial charge on any atom is 0.322 e. The number of nitrogens with one attached hydrogen (secondary N) is 2. The second-order valence-corrected chi connectivity index (χ2v) is 10.5.